The topological polar surface area (TPSA) is 49.8 Å². The molecule has 4 rings (SSSR count). The summed E-state index contributed by atoms with van der Waals surface area (Å²) in [5.74, 6) is 1.56. The molecule has 116 valence electrons. The fraction of sp³-hybridized carbons (Fsp3) is 0.263. The summed E-state index contributed by atoms with van der Waals surface area (Å²) in [5, 5.41) is 7.97. The van der Waals surface area contributed by atoms with Crippen molar-refractivity contribution in [3.05, 3.63) is 53.6 Å². The van der Waals surface area contributed by atoms with Crippen molar-refractivity contribution in [3.8, 4) is 0 Å². The van der Waals surface area contributed by atoms with Crippen molar-refractivity contribution in [1.29, 1.82) is 0 Å². The molecular formula is C19H20N4. The fourth-order valence-electron chi connectivity index (χ4n) is 2.65. The SMILES string of the molecule is Cc1ccc(C)c(Nc2nc(NC3CC3)c3ccccc3n2)c1. The van der Waals surface area contributed by atoms with Crippen LogP contribution >= 0.6 is 0 Å². The molecule has 1 saturated carbocycles. The lowest BCUT2D eigenvalue weighted by molar-refractivity contribution is 1.10. The van der Waals surface area contributed by atoms with Gasteiger partial charge in [-0.15, -0.1) is 0 Å². The molecule has 0 saturated heterocycles. The molecule has 0 radical (unpaired) electrons. The molecule has 2 N–H and O–H groups in total. The van der Waals surface area contributed by atoms with Crippen molar-refractivity contribution >= 4 is 28.4 Å². The molecule has 4 heteroatoms. The summed E-state index contributed by atoms with van der Waals surface area (Å²) < 4.78 is 0. The van der Waals surface area contributed by atoms with Crippen LogP contribution in [0.3, 0.4) is 0 Å². The van der Waals surface area contributed by atoms with E-state index in [2.05, 4.69) is 53.7 Å². The van der Waals surface area contributed by atoms with E-state index < -0.39 is 0 Å². The van der Waals surface area contributed by atoms with Crippen molar-refractivity contribution in [2.75, 3.05) is 10.6 Å². The maximum Gasteiger partial charge on any atom is 0.229 e. The number of rotatable bonds is 4. The van der Waals surface area contributed by atoms with Crippen LogP contribution in [-0.2, 0) is 0 Å². The quantitative estimate of drug-likeness (QED) is 0.741. The molecule has 23 heavy (non-hydrogen) atoms. The maximum absolute atomic E-state index is 4.71. The number of aryl methyl sites for hydroxylation is 2. The Bertz CT molecular complexity index is 868. The molecule has 1 fully saturated rings. The van der Waals surface area contributed by atoms with Crippen LogP contribution in [0.2, 0.25) is 0 Å². The lowest BCUT2D eigenvalue weighted by Crippen LogP contribution is -2.07. The number of nitrogens with zero attached hydrogens (tertiary/aromatic N) is 2. The zero-order valence-electron chi connectivity index (χ0n) is 13.4. The standard InChI is InChI=1S/C19H20N4/c1-12-7-8-13(2)17(11-12)22-19-21-16-6-4-3-5-15(16)18(23-19)20-14-9-10-14/h3-8,11,14H,9-10H2,1-2H3,(H2,20,21,22,23). The Morgan fingerprint density at radius 3 is 2.65 bits per heavy atom. The van der Waals surface area contributed by atoms with Crippen molar-refractivity contribution in [3.63, 3.8) is 0 Å². The molecule has 1 aliphatic rings. The minimum atomic E-state index is 0.557. The Balaban J connectivity index is 1.75. The molecule has 1 aliphatic carbocycles. The smallest absolute Gasteiger partial charge is 0.229 e. The summed E-state index contributed by atoms with van der Waals surface area (Å²) in [6.07, 6.45) is 2.44. The average Bonchev–Trinajstić information content (AvgIpc) is 3.35. The van der Waals surface area contributed by atoms with Crippen molar-refractivity contribution in [2.24, 2.45) is 0 Å². The van der Waals surface area contributed by atoms with E-state index in [1.165, 1.54) is 24.0 Å². The largest absolute Gasteiger partial charge is 0.367 e. The second kappa shape index (κ2) is 5.54. The van der Waals surface area contributed by atoms with E-state index in [9.17, 15) is 0 Å². The zero-order valence-corrected chi connectivity index (χ0v) is 13.4. The number of hydrogen-bond donors (Lipinski definition) is 2. The number of para-hydroxylation sites is 1. The number of anilines is 3. The van der Waals surface area contributed by atoms with Gasteiger partial charge in [-0.25, -0.2) is 4.98 Å². The van der Waals surface area contributed by atoms with Crippen LogP contribution in [0.5, 0.6) is 0 Å². The monoisotopic (exact) mass is 304 g/mol. The van der Waals surface area contributed by atoms with Crippen LogP contribution < -0.4 is 10.6 Å². The van der Waals surface area contributed by atoms with Crippen molar-refractivity contribution in [2.45, 2.75) is 32.7 Å². The fourth-order valence-corrected chi connectivity index (χ4v) is 2.65. The molecule has 0 spiro atoms. The Labute approximate surface area is 136 Å². The van der Waals surface area contributed by atoms with Crippen LogP contribution in [-0.4, -0.2) is 16.0 Å². The van der Waals surface area contributed by atoms with E-state index >= 15 is 0 Å². The third-order valence-corrected chi connectivity index (χ3v) is 4.16. The molecule has 0 atom stereocenters. The summed E-state index contributed by atoms with van der Waals surface area (Å²) in [5.41, 5.74) is 4.41. The highest BCUT2D eigenvalue weighted by molar-refractivity contribution is 5.90. The zero-order chi connectivity index (χ0) is 15.8. The maximum atomic E-state index is 4.71. The van der Waals surface area contributed by atoms with Gasteiger partial charge in [0.25, 0.3) is 0 Å². The van der Waals surface area contributed by atoms with Crippen LogP contribution in [0.4, 0.5) is 17.5 Å². The predicted octanol–water partition coefficient (Wildman–Crippen LogP) is 4.56. The van der Waals surface area contributed by atoms with Gasteiger partial charge in [0.05, 0.1) is 5.52 Å². The number of hydrogen-bond acceptors (Lipinski definition) is 4. The predicted molar refractivity (Wildman–Crippen MR) is 95.4 cm³/mol. The third kappa shape index (κ3) is 2.97. The Morgan fingerprint density at radius 2 is 1.83 bits per heavy atom. The first-order valence-corrected chi connectivity index (χ1v) is 8.06. The first kappa shape index (κ1) is 14.0. The summed E-state index contributed by atoms with van der Waals surface area (Å²) in [6, 6.07) is 15.1. The Hall–Kier alpha value is -2.62. The summed E-state index contributed by atoms with van der Waals surface area (Å²) in [6.45, 7) is 4.18. The molecular weight excluding hydrogens is 284 g/mol. The van der Waals surface area contributed by atoms with Gasteiger partial charge in [-0.1, -0.05) is 24.3 Å². The second-order valence-corrected chi connectivity index (χ2v) is 6.27. The van der Waals surface area contributed by atoms with E-state index in [0.29, 0.717) is 12.0 Å². The molecule has 2 aromatic carbocycles. The van der Waals surface area contributed by atoms with E-state index in [4.69, 9.17) is 4.98 Å². The normalized spacial score (nSPS) is 14.0. The van der Waals surface area contributed by atoms with Gasteiger partial charge >= 0.3 is 0 Å². The summed E-state index contributed by atoms with van der Waals surface area (Å²) in [7, 11) is 0. The molecule has 0 unspecified atom stereocenters. The third-order valence-electron chi connectivity index (χ3n) is 4.16. The Kier molecular flexibility index (Phi) is 3.37. The molecule has 0 amide bonds. The number of fused-ring (bicyclic) bond motifs is 1. The first-order valence-electron chi connectivity index (χ1n) is 8.06. The lowest BCUT2D eigenvalue weighted by Gasteiger charge is -2.13. The average molecular weight is 304 g/mol. The molecule has 1 aromatic heterocycles. The van der Waals surface area contributed by atoms with Crippen LogP contribution in [0.1, 0.15) is 24.0 Å². The number of aromatic nitrogens is 2. The minimum Gasteiger partial charge on any atom is -0.367 e. The van der Waals surface area contributed by atoms with Gasteiger partial charge in [-0.2, -0.15) is 4.98 Å². The van der Waals surface area contributed by atoms with Crippen LogP contribution in [0.25, 0.3) is 10.9 Å². The van der Waals surface area contributed by atoms with Crippen molar-refractivity contribution < 1.29 is 0 Å². The lowest BCUT2D eigenvalue weighted by atomic mass is 10.1. The van der Waals surface area contributed by atoms with Crippen molar-refractivity contribution in [1.82, 2.24) is 9.97 Å². The van der Waals surface area contributed by atoms with Gasteiger partial charge in [-0.3, -0.25) is 0 Å². The van der Waals surface area contributed by atoms with E-state index in [1.54, 1.807) is 0 Å². The minimum absolute atomic E-state index is 0.557. The van der Waals surface area contributed by atoms with Gasteiger partial charge in [0.1, 0.15) is 5.82 Å². The van der Waals surface area contributed by atoms with E-state index in [1.807, 2.05) is 18.2 Å². The molecule has 1 heterocycles. The second-order valence-electron chi connectivity index (χ2n) is 6.27. The van der Waals surface area contributed by atoms with Gasteiger partial charge in [0.15, 0.2) is 0 Å². The first-order chi connectivity index (χ1) is 11.2. The van der Waals surface area contributed by atoms with E-state index in [0.717, 1.165) is 22.4 Å². The van der Waals surface area contributed by atoms with Gasteiger partial charge in [-0.05, 0) is 56.0 Å². The van der Waals surface area contributed by atoms with Crippen LogP contribution in [0, 0.1) is 13.8 Å². The highest BCUT2D eigenvalue weighted by atomic mass is 15.2. The number of benzene rings is 2. The molecule has 0 bridgehead atoms. The molecule has 4 nitrogen and oxygen atoms in total. The molecule has 0 aliphatic heterocycles. The summed E-state index contributed by atoms with van der Waals surface area (Å²) >= 11 is 0. The highest BCUT2D eigenvalue weighted by Crippen LogP contribution is 2.29. The van der Waals surface area contributed by atoms with Gasteiger partial charge in [0, 0.05) is 17.1 Å². The van der Waals surface area contributed by atoms with Gasteiger partial charge in [0.2, 0.25) is 5.95 Å². The molecule has 3 aromatic rings. The van der Waals surface area contributed by atoms with E-state index in [-0.39, 0.29) is 0 Å². The van der Waals surface area contributed by atoms with Gasteiger partial charge < -0.3 is 10.6 Å². The van der Waals surface area contributed by atoms with Crippen LogP contribution in [0.15, 0.2) is 42.5 Å². The number of nitrogens with one attached hydrogen (secondary N) is 2. The Morgan fingerprint density at radius 1 is 1.00 bits per heavy atom. The highest BCUT2D eigenvalue weighted by Gasteiger charge is 2.22. The summed E-state index contributed by atoms with van der Waals surface area (Å²) in [4.78, 5) is 9.38.